The van der Waals surface area contributed by atoms with Gasteiger partial charge in [-0.3, -0.25) is 4.79 Å². The lowest BCUT2D eigenvalue weighted by Crippen LogP contribution is -2.19. The van der Waals surface area contributed by atoms with Gasteiger partial charge in [-0.05, 0) is 18.6 Å². The van der Waals surface area contributed by atoms with Gasteiger partial charge in [-0.2, -0.15) is 0 Å². The van der Waals surface area contributed by atoms with Crippen LogP contribution in [0.1, 0.15) is 12.5 Å². The van der Waals surface area contributed by atoms with Gasteiger partial charge in [-0.1, -0.05) is 18.2 Å². The highest BCUT2D eigenvalue weighted by molar-refractivity contribution is 5.85. The Morgan fingerprint density at radius 1 is 1.47 bits per heavy atom. The zero-order chi connectivity index (χ0) is 10.8. The van der Waals surface area contributed by atoms with Crippen molar-refractivity contribution < 1.29 is 9.90 Å². The fourth-order valence-corrected chi connectivity index (χ4v) is 1.65. The molecule has 0 unspecified atom stereocenters. The molecule has 0 spiro atoms. The number of carbonyl (C=O) groups is 1. The number of aromatic amines is 1. The van der Waals surface area contributed by atoms with Gasteiger partial charge in [0.2, 0.25) is 0 Å². The lowest BCUT2D eigenvalue weighted by Gasteiger charge is -2.04. The predicted molar refractivity (Wildman–Crippen MR) is 58.7 cm³/mol. The zero-order valence-electron chi connectivity index (χ0n) is 8.53. The summed E-state index contributed by atoms with van der Waals surface area (Å²) in [7, 11) is 0. The minimum atomic E-state index is -0.899. The van der Waals surface area contributed by atoms with Crippen LogP contribution in [-0.4, -0.2) is 22.0 Å². The van der Waals surface area contributed by atoms with Crippen molar-refractivity contribution in [3.63, 3.8) is 0 Å². The van der Waals surface area contributed by atoms with Gasteiger partial charge in [-0.25, -0.2) is 0 Å². The van der Waals surface area contributed by atoms with Gasteiger partial charge in [0.25, 0.3) is 0 Å². The number of H-pyrrole nitrogens is 1. The molecule has 0 saturated heterocycles. The summed E-state index contributed by atoms with van der Waals surface area (Å²) in [5.74, 6) is -0.194. The number of aliphatic hydroxyl groups excluding tert-OH is 1. The number of aliphatic hydroxyl groups is 1. The van der Waals surface area contributed by atoms with E-state index in [9.17, 15) is 9.90 Å². The summed E-state index contributed by atoms with van der Waals surface area (Å²) in [4.78, 5) is 14.1. The molecular weight excluding hydrogens is 190 g/mol. The van der Waals surface area contributed by atoms with E-state index in [1.807, 2.05) is 30.5 Å². The third kappa shape index (κ3) is 1.92. The van der Waals surface area contributed by atoms with E-state index in [-0.39, 0.29) is 5.78 Å². The second kappa shape index (κ2) is 3.87. The topological polar surface area (TPSA) is 53.1 Å². The van der Waals surface area contributed by atoms with Gasteiger partial charge in [0, 0.05) is 23.5 Å². The number of rotatable bonds is 3. The number of carbonyl (C=O) groups excluding carboxylic acids is 1. The molecule has 0 aliphatic carbocycles. The van der Waals surface area contributed by atoms with E-state index in [4.69, 9.17) is 0 Å². The molecule has 0 fully saturated rings. The maximum atomic E-state index is 10.9. The van der Waals surface area contributed by atoms with Gasteiger partial charge in [0.1, 0.15) is 6.10 Å². The van der Waals surface area contributed by atoms with E-state index in [0.29, 0.717) is 6.42 Å². The predicted octanol–water partition coefficient (Wildman–Crippen LogP) is 1.66. The molecule has 2 N–H and O–H groups in total. The Morgan fingerprint density at radius 2 is 2.20 bits per heavy atom. The van der Waals surface area contributed by atoms with Crippen LogP contribution in [0.3, 0.4) is 0 Å². The van der Waals surface area contributed by atoms with Crippen molar-refractivity contribution in [1.82, 2.24) is 4.98 Å². The molecule has 0 radical (unpaired) electrons. The van der Waals surface area contributed by atoms with E-state index >= 15 is 0 Å². The summed E-state index contributed by atoms with van der Waals surface area (Å²) < 4.78 is 0. The molecule has 0 saturated carbocycles. The number of para-hydroxylation sites is 1. The van der Waals surface area contributed by atoms with Crippen LogP contribution in [-0.2, 0) is 11.2 Å². The highest BCUT2D eigenvalue weighted by Crippen LogP contribution is 2.19. The van der Waals surface area contributed by atoms with E-state index in [0.717, 1.165) is 16.5 Å². The normalized spacial score (nSPS) is 12.9. The zero-order valence-corrected chi connectivity index (χ0v) is 8.53. The van der Waals surface area contributed by atoms with Crippen LogP contribution < -0.4 is 0 Å². The Bertz CT molecular complexity index is 487. The summed E-state index contributed by atoms with van der Waals surface area (Å²) >= 11 is 0. The first kappa shape index (κ1) is 9.93. The third-order valence-electron chi connectivity index (χ3n) is 2.56. The Hall–Kier alpha value is -1.61. The molecule has 15 heavy (non-hydrogen) atoms. The molecule has 1 heterocycles. The van der Waals surface area contributed by atoms with Crippen LogP contribution in [0.4, 0.5) is 0 Å². The number of hydrogen-bond donors (Lipinski definition) is 2. The first-order valence-corrected chi connectivity index (χ1v) is 4.92. The Labute approximate surface area is 87.7 Å². The second-order valence-corrected chi connectivity index (χ2v) is 3.69. The van der Waals surface area contributed by atoms with Crippen molar-refractivity contribution in [2.75, 3.05) is 0 Å². The molecule has 0 bridgehead atoms. The molecule has 0 aliphatic heterocycles. The monoisotopic (exact) mass is 203 g/mol. The number of Topliss-reactive ketones (excluding diaryl/α,β-unsaturated/α-hetero) is 1. The molecule has 3 nitrogen and oxygen atoms in total. The van der Waals surface area contributed by atoms with E-state index in [2.05, 4.69) is 4.98 Å². The van der Waals surface area contributed by atoms with E-state index in [1.165, 1.54) is 6.92 Å². The van der Waals surface area contributed by atoms with Crippen LogP contribution in [0.5, 0.6) is 0 Å². The summed E-state index contributed by atoms with van der Waals surface area (Å²) in [5.41, 5.74) is 2.01. The van der Waals surface area contributed by atoms with Crippen LogP contribution in [0.15, 0.2) is 30.5 Å². The van der Waals surface area contributed by atoms with Crippen molar-refractivity contribution in [3.05, 3.63) is 36.0 Å². The quantitative estimate of drug-likeness (QED) is 0.797. The minimum Gasteiger partial charge on any atom is -0.385 e. The Balaban J connectivity index is 2.32. The first-order chi connectivity index (χ1) is 7.18. The van der Waals surface area contributed by atoms with Crippen LogP contribution in [0, 0.1) is 0 Å². The fraction of sp³-hybridized carbons (Fsp3) is 0.250. The summed E-state index contributed by atoms with van der Waals surface area (Å²) in [5, 5.41) is 10.6. The van der Waals surface area contributed by atoms with Crippen molar-refractivity contribution >= 4 is 16.7 Å². The molecule has 0 amide bonds. The van der Waals surface area contributed by atoms with Crippen LogP contribution >= 0.6 is 0 Å². The largest absolute Gasteiger partial charge is 0.385 e. The molecule has 2 aromatic rings. The lowest BCUT2D eigenvalue weighted by atomic mass is 10.1. The molecule has 3 heteroatoms. The highest BCUT2D eigenvalue weighted by atomic mass is 16.3. The van der Waals surface area contributed by atoms with Crippen LogP contribution in [0.2, 0.25) is 0 Å². The summed E-state index contributed by atoms with van der Waals surface area (Å²) in [6.07, 6.45) is 1.32. The Morgan fingerprint density at radius 3 is 2.93 bits per heavy atom. The maximum Gasteiger partial charge on any atom is 0.158 e. The van der Waals surface area contributed by atoms with E-state index < -0.39 is 6.10 Å². The molecule has 0 aliphatic rings. The lowest BCUT2D eigenvalue weighted by molar-refractivity contribution is -0.124. The van der Waals surface area contributed by atoms with E-state index in [1.54, 1.807) is 0 Å². The number of hydrogen-bond acceptors (Lipinski definition) is 2. The molecule has 1 aromatic carbocycles. The van der Waals surface area contributed by atoms with Crippen molar-refractivity contribution in [2.24, 2.45) is 0 Å². The van der Waals surface area contributed by atoms with Gasteiger partial charge in [-0.15, -0.1) is 0 Å². The number of ketones is 1. The fourth-order valence-electron chi connectivity index (χ4n) is 1.65. The number of nitrogens with one attached hydrogen (secondary N) is 1. The van der Waals surface area contributed by atoms with Gasteiger partial charge in [0.05, 0.1) is 0 Å². The smallest absolute Gasteiger partial charge is 0.158 e. The second-order valence-electron chi connectivity index (χ2n) is 3.69. The SMILES string of the molecule is CC(=O)[C@H](O)Cc1c[nH]c2ccccc12. The third-order valence-corrected chi connectivity index (χ3v) is 2.56. The number of fused-ring (bicyclic) bond motifs is 1. The van der Waals surface area contributed by atoms with Gasteiger partial charge < -0.3 is 10.1 Å². The molecule has 78 valence electrons. The maximum absolute atomic E-state index is 10.9. The number of aromatic nitrogens is 1. The average Bonchev–Trinajstić information content (AvgIpc) is 2.62. The minimum absolute atomic E-state index is 0.194. The first-order valence-electron chi connectivity index (χ1n) is 4.92. The molecular formula is C12H13NO2. The highest BCUT2D eigenvalue weighted by Gasteiger charge is 2.12. The van der Waals surface area contributed by atoms with Crippen molar-refractivity contribution in [3.8, 4) is 0 Å². The molecule has 1 atom stereocenters. The molecule has 2 rings (SSSR count). The van der Waals surface area contributed by atoms with Crippen LogP contribution in [0.25, 0.3) is 10.9 Å². The number of benzene rings is 1. The van der Waals surface area contributed by atoms with Crippen molar-refractivity contribution in [1.29, 1.82) is 0 Å². The van der Waals surface area contributed by atoms with Gasteiger partial charge >= 0.3 is 0 Å². The average molecular weight is 203 g/mol. The standard InChI is InChI=1S/C12H13NO2/c1-8(14)12(15)6-9-7-13-11-5-3-2-4-10(9)11/h2-5,7,12-13,15H,6H2,1H3/t12-/m1/s1. The van der Waals surface area contributed by atoms with Crippen molar-refractivity contribution in [2.45, 2.75) is 19.4 Å². The van der Waals surface area contributed by atoms with Gasteiger partial charge in [0.15, 0.2) is 5.78 Å². The summed E-state index contributed by atoms with van der Waals surface area (Å²) in [6, 6.07) is 7.84. The molecule has 1 aromatic heterocycles. The Kier molecular flexibility index (Phi) is 2.56. The summed E-state index contributed by atoms with van der Waals surface area (Å²) in [6.45, 7) is 1.40.